The van der Waals surface area contributed by atoms with E-state index in [1.807, 2.05) is 6.92 Å². The Morgan fingerprint density at radius 2 is 1.30 bits per heavy atom. The van der Waals surface area contributed by atoms with Crippen LogP contribution in [0.5, 0.6) is 0 Å². The molecule has 5 aromatic carbocycles. The largest absolute Gasteiger partial charge is 0.309 e. The van der Waals surface area contributed by atoms with Crippen LogP contribution in [0.1, 0.15) is 19.4 Å². The molecule has 0 saturated carbocycles. The Hall–Kier alpha value is -5.02. The molecule has 0 spiro atoms. The Balaban J connectivity index is 1.43. The molecular weight excluding hydrogens is 486 g/mol. The Bertz CT molecular complexity index is 2100. The normalized spacial score (nSPS) is 12.4. The van der Waals surface area contributed by atoms with Gasteiger partial charge in [0.05, 0.1) is 22.1 Å². The van der Waals surface area contributed by atoms with Gasteiger partial charge < -0.3 is 9.99 Å². The summed E-state index contributed by atoms with van der Waals surface area (Å²) in [5, 5.41) is 5.03. The second-order valence-electron chi connectivity index (χ2n) is 10.5. The fourth-order valence-electron chi connectivity index (χ4n) is 5.94. The van der Waals surface area contributed by atoms with Gasteiger partial charge in [-0.2, -0.15) is 0 Å². The zero-order chi connectivity index (χ0) is 27.2. The first-order valence-electron chi connectivity index (χ1n) is 13.8. The van der Waals surface area contributed by atoms with Crippen LogP contribution >= 0.6 is 0 Å². The number of aromatic nitrogens is 2. The van der Waals surface area contributed by atoms with Gasteiger partial charge in [-0.25, -0.2) is 0 Å². The van der Waals surface area contributed by atoms with Gasteiger partial charge in [-0.3, -0.25) is 4.68 Å². The topological polar surface area (TPSA) is 21.9 Å². The van der Waals surface area contributed by atoms with Crippen molar-refractivity contribution in [1.82, 2.24) is 9.24 Å². The molecule has 2 aromatic heterocycles. The average Bonchev–Trinajstić information content (AvgIpc) is 3.48. The molecule has 0 radical (unpaired) electrons. The third-order valence-corrected chi connectivity index (χ3v) is 7.79. The van der Waals surface area contributed by atoms with E-state index in [-0.39, 0.29) is 0 Å². The van der Waals surface area contributed by atoms with Crippen molar-refractivity contribution in [3.8, 4) is 16.8 Å². The smallest absolute Gasteiger partial charge is 0.0715 e. The molecule has 0 unspecified atom stereocenters. The predicted molar refractivity (Wildman–Crippen MR) is 172 cm³/mol. The molecule has 40 heavy (non-hydrogen) atoms. The molecule has 0 aliphatic heterocycles. The number of allylic oxidation sites excluding steroid dienone is 3. The highest BCUT2D eigenvalue weighted by Gasteiger charge is 2.15. The molecule has 0 fully saturated rings. The molecule has 0 aliphatic rings. The number of aryl methyl sites for hydroxylation is 1. The molecule has 0 atom stereocenters. The molecular formula is C37H31N3. The van der Waals surface area contributed by atoms with Gasteiger partial charge in [-0.15, -0.1) is 0 Å². The predicted octanol–water partition coefficient (Wildman–Crippen LogP) is 9.89. The highest BCUT2D eigenvalue weighted by Crippen LogP contribution is 2.37. The molecule has 0 amide bonds. The maximum atomic E-state index is 3.56. The molecule has 0 aliphatic carbocycles. The lowest BCUT2D eigenvalue weighted by molar-refractivity contribution is 1.05. The van der Waals surface area contributed by atoms with E-state index in [0.29, 0.717) is 0 Å². The van der Waals surface area contributed by atoms with Crippen LogP contribution in [0.15, 0.2) is 133 Å². The molecule has 1 N–H and O–H groups in total. The van der Waals surface area contributed by atoms with Crippen molar-refractivity contribution >= 4 is 43.6 Å². The van der Waals surface area contributed by atoms with Crippen molar-refractivity contribution < 1.29 is 0 Å². The SMILES string of the molecule is C/C=C\C(C)=C/Nn1c2ccccc2c2ccc(-c3ccc4c(c3)c3cc(C)ccc3n4-c3ccccc3)cc21. The first-order chi connectivity index (χ1) is 19.6. The van der Waals surface area contributed by atoms with E-state index in [1.54, 1.807) is 0 Å². The van der Waals surface area contributed by atoms with Gasteiger partial charge in [0.1, 0.15) is 0 Å². The minimum atomic E-state index is 1.16. The number of fused-ring (bicyclic) bond motifs is 6. The Morgan fingerprint density at radius 3 is 2.12 bits per heavy atom. The highest BCUT2D eigenvalue weighted by molar-refractivity contribution is 6.12. The van der Waals surface area contributed by atoms with Gasteiger partial charge in [0, 0.05) is 33.4 Å². The maximum absolute atomic E-state index is 3.56. The Morgan fingerprint density at radius 1 is 0.625 bits per heavy atom. The summed E-state index contributed by atoms with van der Waals surface area (Å²) in [6, 6.07) is 39.7. The zero-order valence-corrected chi connectivity index (χ0v) is 23.0. The van der Waals surface area contributed by atoms with Crippen molar-refractivity contribution in [2.24, 2.45) is 0 Å². The summed E-state index contributed by atoms with van der Waals surface area (Å²) in [6.07, 6.45) is 6.23. The van der Waals surface area contributed by atoms with Crippen LogP contribution in [-0.4, -0.2) is 9.24 Å². The first kappa shape index (κ1) is 24.1. The van der Waals surface area contributed by atoms with Crippen molar-refractivity contribution in [1.29, 1.82) is 0 Å². The number of hydrogen-bond donors (Lipinski definition) is 1. The second-order valence-corrected chi connectivity index (χ2v) is 10.5. The molecule has 3 nitrogen and oxygen atoms in total. The lowest BCUT2D eigenvalue weighted by atomic mass is 10.0. The first-order valence-corrected chi connectivity index (χ1v) is 13.8. The summed E-state index contributed by atoms with van der Waals surface area (Å²) < 4.78 is 4.57. The lowest BCUT2D eigenvalue weighted by Crippen LogP contribution is -2.07. The Kier molecular flexibility index (Phi) is 5.78. The molecule has 194 valence electrons. The van der Waals surface area contributed by atoms with Gasteiger partial charge in [0.2, 0.25) is 0 Å². The standard InChI is InChI=1S/C37H31N3/c1-4-10-26(3)24-38-40-36-14-9-8-13-30(36)31-18-16-28(23-37(31)40)27-17-20-35-33(22-27)32-21-25(2)15-19-34(32)39(35)29-11-6-5-7-12-29/h4-24,38H,1-3H3/b10-4-,26-24-. The van der Waals surface area contributed by atoms with E-state index in [1.165, 1.54) is 60.5 Å². The zero-order valence-electron chi connectivity index (χ0n) is 23.0. The number of hydrogen-bond acceptors (Lipinski definition) is 1. The van der Waals surface area contributed by atoms with Crippen molar-refractivity contribution in [3.05, 3.63) is 139 Å². The molecule has 0 bridgehead atoms. The molecule has 2 heterocycles. The van der Waals surface area contributed by atoms with Crippen LogP contribution in [0, 0.1) is 6.92 Å². The fourth-order valence-corrected chi connectivity index (χ4v) is 5.94. The minimum absolute atomic E-state index is 1.16. The number of para-hydroxylation sites is 2. The van der Waals surface area contributed by atoms with Gasteiger partial charge in [-0.1, -0.05) is 78.4 Å². The molecule has 7 aromatic rings. The van der Waals surface area contributed by atoms with E-state index >= 15 is 0 Å². The summed E-state index contributed by atoms with van der Waals surface area (Å²) in [5.74, 6) is 0. The van der Waals surface area contributed by atoms with Crippen LogP contribution in [-0.2, 0) is 0 Å². The van der Waals surface area contributed by atoms with Crippen LogP contribution in [0.2, 0.25) is 0 Å². The van der Waals surface area contributed by atoms with E-state index in [9.17, 15) is 0 Å². The van der Waals surface area contributed by atoms with E-state index in [0.717, 1.165) is 11.0 Å². The van der Waals surface area contributed by atoms with Crippen LogP contribution in [0.25, 0.3) is 60.4 Å². The summed E-state index contributed by atoms with van der Waals surface area (Å²) in [5.41, 5.74) is 14.3. The highest BCUT2D eigenvalue weighted by atomic mass is 15.4. The monoisotopic (exact) mass is 517 g/mol. The van der Waals surface area contributed by atoms with E-state index in [4.69, 9.17) is 0 Å². The van der Waals surface area contributed by atoms with Crippen LogP contribution in [0.3, 0.4) is 0 Å². The number of nitrogens with zero attached hydrogens (tertiary/aromatic N) is 2. The minimum Gasteiger partial charge on any atom is -0.309 e. The van der Waals surface area contributed by atoms with Crippen LogP contribution < -0.4 is 5.43 Å². The van der Waals surface area contributed by atoms with Gasteiger partial charge >= 0.3 is 0 Å². The fraction of sp³-hybridized carbons (Fsp3) is 0.0811. The number of rotatable bonds is 5. The Labute approximate surface area is 234 Å². The summed E-state index contributed by atoms with van der Waals surface area (Å²) in [6.45, 7) is 6.32. The van der Waals surface area contributed by atoms with E-state index in [2.05, 4.69) is 156 Å². The quantitative estimate of drug-likeness (QED) is 0.225. The van der Waals surface area contributed by atoms with Crippen LogP contribution in [0.4, 0.5) is 0 Å². The number of benzene rings is 5. The summed E-state index contributed by atoms with van der Waals surface area (Å²) in [7, 11) is 0. The van der Waals surface area contributed by atoms with Gasteiger partial charge in [0.15, 0.2) is 0 Å². The second kappa shape index (κ2) is 9.62. The molecule has 3 heteroatoms. The number of nitrogens with one attached hydrogen (secondary N) is 1. The third kappa shape index (κ3) is 3.90. The summed E-state index contributed by atoms with van der Waals surface area (Å²) in [4.78, 5) is 0. The van der Waals surface area contributed by atoms with E-state index < -0.39 is 0 Å². The maximum Gasteiger partial charge on any atom is 0.0715 e. The van der Waals surface area contributed by atoms with Crippen molar-refractivity contribution in [2.75, 3.05) is 5.43 Å². The van der Waals surface area contributed by atoms with Crippen molar-refractivity contribution in [3.63, 3.8) is 0 Å². The summed E-state index contributed by atoms with van der Waals surface area (Å²) >= 11 is 0. The molecule has 7 rings (SSSR count). The lowest BCUT2D eigenvalue weighted by Gasteiger charge is -2.10. The third-order valence-electron chi connectivity index (χ3n) is 7.79. The average molecular weight is 518 g/mol. The molecule has 0 saturated heterocycles. The van der Waals surface area contributed by atoms with Crippen molar-refractivity contribution in [2.45, 2.75) is 20.8 Å². The van der Waals surface area contributed by atoms with Gasteiger partial charge in [0.25, 0.3) is 0 Å². The van der Waals surface area contributed by atoms with Gasteiger partial charge in [-0.05, 0) is 86.0 Å².